The second-order valence-corrected chi connectivity index (χ2v) is 10.7. The van der Waals surface area contributed by atoms with Crippen LogP contribution in [0.1, 0.15) is 50.8 Å². The third-order valence-corrected chi connectivity index (χ3v) is 7.09. The molecule has 2 rings (SSSR count). The molecule has 0 fully saturated rings. The molecule has 186 valence electrons. The minimum atomic E-state index is -3.73. The molecule has 0 aliphatic heterocycles. The summed E-state index contributed by atoms with van der Waals surface area (Å²) >= 11 is 0. The lowest BCUT2D eigenvalue weighted by atomic mass is 10.1. The predicted octanol–water partition coefficient (Wildman–Crippen LogP) is 3.66. The van der Waals surface area contributed by atoms with Gasteiger partial charge in [0.25, 0.3) is 0 Å². The first-order valence-electron chi connectivity index (χ1n) is 11.7. The highest BCUT2D eigenvalue weighted by molar-refractivity contribution is 7.92. The van der Waals surface area contributed by atoms with Crippen molar-refractivity contribution in [3.63, 3.8) is 0 Å². The number of hydrogen-bond donors (Lipinski definition) is 1. The van der Waals surface area contributed by atoms with E-state index < -0.39 is 28.5 Å². The maximum atomic E-state index is 13.5. The van der Waals surface area contributed by atoms with Crippen LogP contribution in [0.3, 0.4) is 0 Å². The highest BCUT2D eigenvalue weighted by atomic mass is 32.2. The van der Waals surface area contributed by atoms with E-state index in [0.29, 0.717) is 5.69 Å². The molecular formula is C26H37N3O4S. The number of aryl methyl sites for hydroxylation is 2. The molecule has 0 spiro atoms. The Balaban J connectivity index is 2.36. The number of sulfonamides is 1. The Hall–Kier alpha value is -2.87. The van der Waals surface area contributed by atoms with Crippen molar-refractivity contribution in [1.82, 2.24) is 10.2 Å². The minimum absolute atomic E-state index is 0.0316. The van der Waals surface area contributed by atoms with Crippen molar-refractivity contribution in [2.45, 2.75) is 66.1 Å². The molecule has 7 nitrogen and oxygen atoms in total. The molecule has 0 saturated carbocycles. The lowest BCUT2D eigenvalue weighted by Crippen LogP contribution is -2.52. The molecule has 0 radical (unpaired) electrons. The van der Waals surface area contributed by atoms with Gasteiger partial charge in [-0.05, 0) is 56.9 Å². The monoisotopic (exact) mass is 487 g/mol. The van der Waals surface area contributed by atoms with Crippen molar-refractivity contribution in [3.8, 4) is 0 Å². The van der Waals surface area contributed by atoms with Gasteiger partial charge in [-0.1, -0.05) is 55.8 Å². The fraction of sp³-hybridized carbons (Fsp3) is 0.462. The van der Waals surface area contributed by atoms with Crippen LogP contribution in [0, 0.1) is 6.92 Å². The molecule has 0 saturated heterocycles. The third-order valence-electron chi connectivity index (χ3n) is 5.95. The number of hydrogen-bond acceptors (Lipinski definition) is 4. The largest absolute Gasteiger partial charge is 0.352 e. The zero-order valence-electron chi connectivity index (χ0n) is 21.0. The van der Waals surface area contributed by atoms with Crippen LogP contribution >= 0.6 is 0 Å². The van der Waals surface area contributed by atoms with Gasteiger partial charge in [-0.15, -0.1) is 0 Å². The number of amides is 2. The van der Waals surface area contributed by atoms with Crippen molar-refractivity contribution in [2.75, 3.05) is 17.1 Å². The average molecular weight is 488 g/mol. The normalized spacial score (nSPS) is 13.1. The summed E-state index contributed by atoms with van der Waals surface area (Å²) in [4.78, 5) is 27.8. The van der Waals surface area contributed by atoms with E-state index in [1.54, 1.807) is 19.1 Å². The first-order valence-corrected chi connectivity index (χ1v) is 13.5. The number of anilines is 1. The molecule has 1 N–H and O–H groups in total. The number of carbonyl (C=O) groups is 2. The average Bonchev–Trinajstić information content (AvgIpc) is 2.80. The molecule has 34 heavy (non-hydrogen) atoms. The smallest absolute Gasteiger partial charge is 0.244 e. The van der Waals surface area contributed by atoms with Crippen molar-refractivity contribution < 1.29 is 18.0 Å². The Kier molecular flexibility index (Phi) is 9.67. The van der Waals surface area contributed by atoms with Crippen molar-refractivity contribution in [1.29, 1.82) is 0 Å². The van der Waals surface area contributed by atoms with Gasteiger partial charge >= 0.3 is 0 Å². The Labute approximate surface area is 204 Å². The van der Waals surface area contributed by atoms with Crippen LogP contribution in [0.5, 0.6) is 0 Å². The molecule has 0 bridgehead atoms. The van der Waals surface area contributed by atoms with E-state index in [2.05, 4.69) is 5.32 Å². The molecule has 0 unspecified atom stereocenters. The summed E-state index contributed by atoms with van der Waals surface area (Å²) in [6, 6.07) is 14.0. The van der Waals surface area contributed by atoms with E-state index in [9.17, 15) is 18.0 Å². The first-order chi connectivity index (χ1) is 16.0. The Morgan fingerprint density at radius 1 is 0.941 bits per heavy atom. The molecule has 2 aromatic carbocycles. The van der Waals surface area contributed by atoms with Crippen LogP contribution < -0.4 is 9.62 Å². The number of rotatable bonds is 11. The van der Waals surface area contributed by atoms with Crippen LogP contribution in [-0.2, 0) is 32.6 Å². The SMILES string of the molecule is CCc1ccc(N(CC(=O)N(Cc2ccc(C)cc2)[C@@H](C)C(=O)N[C@H](C)CC)S(C)(=O)=O)cc1. The molecule has 0 heterocycles. The van der Waals surface area contributed by atoms with E-state index in [1.807, 2.05) is 64.1 Å². The summed E-state index contributed by atoms with van der Waals surface area (Å²) in [5, 5.41) is 2.92. The summed E-state index contributed by atoms with van der Waals surface area (Å²) in [5.74, 6) is -0.717. The van der Waals surface area contributed by atoms with E-state index in [1.165, 1.54) is 4.90 Å². The molecule has 2 amide bonds. The number of nitrogens with one attached hydrogen (secondary N) is 1. The fourth-order valence-corrected chi connectivity index (χ4v) is 4.30. The van der Waals surface area contributed by atoms with Gasteiger partial charge < -0.3 is 10.2 Å². The highest BCUT2D eigenvalue weighted by Crippen LogP contribution is 2.20. The third kappa shape index (κ3) is 7.58. The molecular weight excluding hydrogens is 450 g/mol. The lowest BCUT2D eigenvalue weighted by Gasteiger charge is -2.32. The maximum absolute atomic E-state index is 13.5. The zero-order chi connectivity index (χ0) is 25.5. The van der Waals surface area contributed by atoms with Crippen LogP contribution in [0.2, 0.25) is 0 Å². The van der Waals surface area contributed by atoms with Crippen LogP contribution in [0.4, 0.5) is 5.69 Å². The van der Waals surface area contributed by atoms with Gasteiger partial charge in [-0.3, -0.25) is 13.9 Å². The topological polar surface area (TPSA) is 86.8 Å². The van der Waals surface area contributed by atoms with Gasteiger partial charge in [0.2, 0.25) is 21.8 Å². The van der Waals surface area contributed by atoms with E-state index >= 15 is 0 Å². The predicted molar refractivity (Wildman–Crippen MR) is 137 cm³/mol. The van der Waals surface area contributed by atoms with Gasteiger partial charge in [0.05, 0.1) is 11.9 Å². The van der Waals surface area contributed by atoms with E-state index in [-0.39, 0.29) is 18.5 Å². The maximum Gasteiger partial charge on any atom is 0.244 e. The van der Waals surface area contributed by atoms with E-state index in [0.717, 1.165) is 40.1 Å². The fourth-order valence-electron chi connectivity index (χ4n) is 3.45. The highest BCUT2D eigenvalue weighted by Gasteiger charge is 2.30. The minimum Gasteiger partial charge on any atom is -0.352 e. The molecule has 0 aromatic heterocycles. The Bertz CT molecular complexity index is 1070. The van der Waals surface area contributed by atoms with Crippen LogP contribution in [-0.4, -0.2) is 50.0 Å². The Morgan fingerprint density at radius 3 is 2.00 bits per heavy atom. The van der Waals surface area contributed by atoms with Gasteiger partial charge in [0, 0.05) is 12.6 Å². The number of benzene rings is 2. The summed E-state index contributed by atoms with van der Waals surface area (Å²) in [5.41, 5.74) is 3.43. The van der Waals surface area contributed by atoms with Crippen LogP contribution in [0.25, 0.3) is 0 Å². The van der Waals surface area contributed by atoms with Crippen molar-refractivity contribution in [2.24, 2.45) is 0 Å². The van der Waals surface area contributed by atoms with Gasteiger partial charge in [-0.25, -0.2) is 8.42 Å². The molecule has 2 aromatic rings. The summed E-state index contributed by atoms with van der Waals surface area (Å²) in [6.45, 7) is 9.34. The number of carbonyl (C=O) groups excluding carboxylic acids is 2. The van der Waals surface area contributed by atoms with Crippen LogP contribution in [0.15, 0.2) is 48.5 Å². The Morgan fingerprint density at radius 2 is 1.50 bits per heavy atom. The second-order valence-electron chi connectivity index (χ2n) is 8.79. The lowest BCUT2D eigenvalue weighted by molar-refractivity contribution is -0.139. The standard InChI is InChI=1S/C26H37N3O4S/c1-7-20(4)27-26(31)21(5)28(17-23-11-9-19(3)10-12-23)25(30)18-29(34(6,32)33)24-15-13-22(8-2)14-16-24/h9-16,20-21H,7-8,17-18H2,1-6H3,(H,27,31)/t20-,21+/m1/s1. The molecule has 0 aliphatic rings. The van der Waals surface area contributed by atoms with Crippen molar-refractivity contribution >= 4 is 27.5 Å². The second kappa shape index (κ2) is 12.0. The molecule has 8 heteroatoms. The molecule has 0 aliphatic carbocycles. The molecule has 2 atom stereocenters. The van der Waals surface area contributed by atoms with Gasteiger partial charge in [0.15, 0.2) is 0 Å². The first kappa shape index (κ1) is 27.4. The summed E-state index contributed by atoms with van der Waals surface area (Å²) < 4.78 is 26.3. The zero-order valence-corrected chi connectivity index (χ0v) is 21.9. The van der Waals surface area contributed by atoms with Gasteiger partial charge in [0.1, 0.15) is 12.6 Å². The number of nitrogens with zero attached hydrogens (tertiary/aromatic N) is 2. The van der Waals surface area contributed by atoms with Gasteiger partial charge in [-0.2, -0.15) is 0 Å². The van der Waals surface area contributed by atoms with Crippen molar-refractivity contribution in [3.05, 3.63) is 65.2 Å². The summed E-state index contributed by atoms with van der Waals surface area (Å²) in [6.07, 6.45) is 2.67. The summed E-state index contributed by atoms with van der Waals surface area (Å²) in [7, 11) is -3.73. The van der Waals surface area contributed by atoms with E-state index in [4.69, 9.17) is 0 Å². The quantitative estimate of drug-likeness (QED) is 0.524.